The third kappa shape index (κ3) is 4.96. The van der Waals surface area contributed by atoms with Crippen LogP contribution in [0.2, 0.25) is 0 Å². The van der Waals surface area contributed by atoms with Gasteiger partial charge in [0.25, 0.3) is 0 Å². The standard InChI is InChI=1S/C17H16N8OS2/c18-14-21-13(22-15(23-14)20-11-5-2-1-3-6-11)10-27-17-25-24-16(28-17)19-9-12-7-4-8-26-12/h1-8H,9-10H2,(H,19,24)(H3,18,20,21,22,23). The molecule has 0 unspecified atom stereocenters. The summed E-state index contributed by atoms with van der Waals surface area (Å²) in [6, 6.07) is 13.4. The number of thioether (sulfide) groups is 1. The van der Waals surface area contributed by atoms with Crippen LogP contribution in [0.25, 0.3) is 0 Å². The Morgan fingerprint density at radius 3 is 2.75 bits per heavy atom. The predicted molar refractivity (Wildman–Crippen MR) is 109 cm³/mol. The molecule has 3 aromatic heterocycles. The number of para-hydroxylation sites is 1. The van der Waals surface area contributed by atoms with Crippen LogP contribution in [0.4, 0.5) is 22.7 Å². The van der Waals surface area contributed by atoms with Crippen molar-refractivity contribution in [2.45, 2.75) is 16.6 Å². The van der Waals surface area contributed by atoms with E-state index < -0.39 is 0 Å². The Morgan fingerprint density at radius 1 is 1.04 bits per heavy atom. The first kappa shape index (κ1) is 18.2. The molecule has 28 heavy (non-hydrogen) atoms. The van der Waals surface area contributed by atoms with E-state index in [0.29, 0.717) is 24.1 Å². The van der Waals surface area contributed by atoms with Gasteiger partial charge in [0.15, 0.2) is 4.34 Å². The zero-order valence-electron chi connectivity index (χ0n) is 14.6. The minimum Gasteiger partial charge on any atom is -0.467 e. The van der Waals surface area contributed by atoms with Crippen LogP contribution >= 0.6 is 23.1 Å². The molecule has 0 bridgehead atoms. The molecule has 4 rings (SSSR count). The lowest BCUT2D eigenvalue weighted by molar-refractivity contribution is 0.518. The number of anilines is 4. The number of benzene rings is 1. The molecule has 1 aromatic carbocycles. The third-order valence-electron chi connectivity index (χ3n) is 3.45. The molecule has 0 aliphatic heterocycles. The van der Waals surface area contributed by atoms with E-state index in [1.165, 1.54) is 23.1 Å². The van der Waals surface area contributed by atoms with Gasteiger partial charge >= 0.3 is 0 Å². The first-order valence-electron chi connectivity index (χ1n) is 8.30. The second-order valence-corrected chi connectivity index (χ2v) is 7.72. The molecule has 0 saturated carbocycles. The summed E-state index contributed by atoms with van der Waals surface area (Å²) in [6.45, 7) is 0.560. The van der Waals surface area contributed by atoms with E-state index in [1.807, 2.05) is 42.5 Å². The molecule has 0 fully saturated rings. The van der Waals surface area contributed by atoms with Crippen molar-refractivity contribution in [3.8, 4) is 0 Å². The molecule has 9 nitrogen and oxygen atoms in total. The van der Waals surface area contributed by atoms with Crippen molar-refractivity contribution in [2.24, 2.45) is 0 Å². The lowest BCUT2D eigenvalue weighted by atomic mass is 10.3. The molecule has 0 amide bonds. The van der Waals surface area contributed by atoms with Gasteiger partial charge < -0.3 is 20.8 Å². The lowest BCUT2D eigenvalue weighted by Gasteiger charge is -2.06. The molecule has 4 N–H and O–H groups in total. The van der Waals surface area contributed by atoms with Gasteiger partial charge in [0, 0.05) is 5.69 Å². The normalized spacial score (nSPS) is 10.7. The molecule has 3 heterocycles. The lowest BCUT2D eigenvalue weighted by Crippen LogP contribution is -2.06. The summed E-state index contributed by atoms with van der Waals surface area (Å²) in [4.78, 5) is 12.7. The number of nitrogen functional groups attached to an aromatic ring is 1. The summed E-state index contributed by atoms with van der Waals surface area (Å²) in [7, 11) is 0. The number of hydrogen-bond acceptors (Lipinski definition) is 11. The van der Waals surface area contributed by atoms with Crippen LogP contribution in [-0.4, -0.2) is 25.1 Å². The summed E-state index contributed by atoms with van der Waals surface area (Å²) in [5, 5.41) is 15.3. The highest BCUT2D eigenvalue weighted by Crippen LogP contribution is 2.28. The minimum atomic E-state index is 0.169. The minimum absolute atomic E-state index is 0.169. The highest BCUT2D eigenvalue weighted by atomic mass is 32.2. The summed E-state index contributed by atoms with van der Waals surface area (Å²) < 4.78 is 6.08. The van der Waals surface area contributed by atoms with Crippen LogP contribution in [-0.2, 0) is 12.3 Å². The average Bonchev–Trinajstić information content (AvgIpc) is 3.37. The van der Waals surface area contributed by atoms with Gasteiger partial charge in [-0.15, -0.1) is 10.2 Å². The number of furan rings is 1. The summed E-state index contributed by atoms with van der Waals surface area (Å²) in [5.74, 6) is 2.48. The zero-order valence-corrected chi connectivity index (χ0v) is 16.2. The van der Waals surface area contributed by atoms with E-state index in [0.717, 1.165) is 20.9 Å². The molecule has 0 spiro atoms. The molecular weight excluding hydrogens is 396 g/mol. The van der Waals surface area contributed by atoms with Crippen LogP contribution in [0.5, 0.6) is 0 Å². The van der Waals surface area contributed by atoms with Gasteiger partial charge in [-0.25, -0.2) is 0 Å². The molecule has 0 aliphatic carbocycles. The molecular formula is C17H16N8OS2. The van der Waals surface area contributed by atoms with Crippen molar-refractivity contribution in [1.82, 2.24) is 25.1 Å². The summed E-state index contributed by atoms with van der Waals surface area (Å²) >= 11 is 2.94. The molecule has 0 radical (unpaired) electrons. The molecule has 11 heteroatoms. The first-order chi connectivity index (χ1) is 13.7. The Labute approximate surface area is 168 Å². The van der Waals surface area contributed by atoms with E-state index in [4.69, 9.17) is 10.2 Å². The fourth-order valence-electron chi connectivity index (χ4n) is 2.25. The Bertz CT molecular complexity index is 1020. The van der Waals surface area contributed by atoms with Gasteiger partial charge in [0.2, 0.25) is 17.0 Å². The SMILES string of the molecule is Nc1nc(CSc2nnc(NCc3ccco3)s2)nc(Nc2ccccc2)n1. The Kier molecular flexibility index (Phi) is 5.64. The van der Waals surface area contributed by atoms with Crippen LogP contribution in [0.1, 0.15) is 11.6 Å². The molecule has 0 aliphatic rings. The monoisotopic (exact) mass is 412 g/mol. The number of nitrogens with two attached hydrogens (primary N) is 1. The van der Waals surface area contributed by atoms with Crippen molar-refractivity contribution >= 4 is 45.8 Å². The van der Waals surface area contributed by atoms with E-state index in [2.05, 4.69) is 35.8 Å². The fraction of sp³-hybridized carbons (Fsp3) is 0.118. The highest BCUT2D eigenvalue weighted by molar-refractivity contribution is 8.00. The van der Waals surface area contributed by atoms with Gasteiger partial charge in [-0.05, 0) is 24.3 Å². The number of rotatable bonds is 8. The first-order valence-corrected chi connectivity index (χ1v) is 10.1. The van der Waals surface area contributed by atoms with Crippen LogP contribution in [0.3, 0.4) is 0 Å². The maximum atomic E-state index is 5.82. The van der Waals surface area contributed by atoms with Crippen molar-refractivity contribution in [2.75, 3.05) is 16.4 Å². The second kappa shape index (κ2) is 8.67. The van der Waals surface area contributed by atoms with Crippen LogP contribution in [0, 0.1) is 0 Å². The average molecular weight is 413 g/mol. The van der Waals surface area contributed by atoms with Crippen molar-refractivity contribution in [1.29, 1.82) is 0 Å². The van der Waals surface area contributed by atoms with Gasteiger partial charge in [-0.3, -0.25) is 0 Å². The van der Waals surface area contributed by atoms with Crippen molar-refractivity contribution in [3.05, 3.63) is 60.3 Å². The quantitative estimate of drug-likeness (QED) is 0.370. The summed E-state index contributed by atoms with van der Waals surface area (Å²) in [5.41, 5.74) is 6.69. The van der Waals surface area contributed by atoms with E-state index in [9.17, 15) is 0 Å². The fourth-order valence-corrected chi connectivity index (χ4v) is 3.85. The second-order valence-electron chi connectivity index (χ2n) is 5.52. The van der Waals surface area contributed by atoms with E-state index >= 15 is 0 Å². The van der Waals surface area contributed by atoms with E-state index in [-0.39, 0.29) is 5.95 Å². The number of nitrogens with zero attached hydrogens (tertiary/aromatic N) is 5. The largest absolute Gasteiger partial charge is 0.467 e. The summed E-state index contributed by atoms with van der Waals surface area (Å²) in [6.07, 6.45) is 1.64. The third-order valence-corrected chi connectivity index (χ3v) is 5.46. The topological polar surface area (TPSA) is 128 Å². The van der Waals surface area contributed by atoms with Crippen LogP contribution in [0.15, 0.2) is 57.5 Å². The Morgan fingerprint density at radius 2 is 1.93 bits per heavy atom. The zero-order chi connectivity index (χ0) is 19.2. The van der Waals surface area contributed by atoms with Crippen molar-refractivity contribution < 1.29 is 4.42 Å². The van der Waals surface area contributed by atoms with Gasteiger partial charge in [-0.1, -0.05) is 41.3 Å². The number of nitrogens with one attached hydrogen (secondary N) is 2. The Balaban J connectivity index is 1.35. The van der Waals surface area contributed by atoms with Gasteiger partial charge in [0.1, 0.15) is 11.6 Å². The van der Waals surface area contributed by atoms with Gasteiger partial charge in [-0.2, -0.15) is 15.0 Å². The number of aromatic nitrogens is 5. The number of hydrogen-bond donors (Lipinski definition) is 3. The van der Waals surface area contributed by atoms with E-state index in [1.54, 1.807) is 6.26 Å². The predicted octanol–water partition coefficient (Wildman–Crippen LogP) is 3.55. The van der Waals surface area contributed by atoms with Gasteiger partial charge in [0.05, 0.1) is 18.6 Å². The molecule has 0 saturated heterocycles. The maximum Gasteiger partial charge on any atom is 0.232 e. The molecule has 0 atom stereocenters. The van der Waals surface area contributed by atoms with Crippen molar-refractivity contribution in [3.63, 3.8) is 0 Å². The highest BCUT2D eigenvalue weighted by Gasteiger charge is 2.09. The van der Waals surface area contributed by atoms with Crippen LogP contribution < -0.4 is 16.4 Å². The Hall–Kier alpha value is -3.18. The molecule has 4 aromatic rings. The maximum absolute atomic E-state index is 5.82. The molecule has 142 valence electrons. The smallest absolute Gasteiger partial charge is 0.232 e.